The van der Waals surface area contributed by atoms with Crippen LogP contribution in [0.3, 0.4) is 0 Å². The van der Waals surface area contributed by atoms with E-state index in [2.05, 4.69) is 75.3 Å². The summed E-state index contributed by atoms with van der Waals surface area (Å²) in [6.07, 6.45) is 3.40. The molecular weight excluding hydrogens is 344 g/mol. The summed E-state index contributed by atoms with van der Waals surface area (Å²) in [6, 6.07) is 15.9. The van der Waals surface area contributed by atoms with E-state index in [1.807, 2.05) is 48.5 Å². The Morgan fingerprint density at radius 2 is 0.821 bits per heavy atom. The summed E-state index contributed by atoms with van der Waals surface area (Å²) < 4.78 is 0. The number of rotatable bonds is 0. The number of imidazole rings is 2. The van der Waals surface area contributed by atoms with Gasteiger partial charge in [0, 0.05) is 0 Å². The highest BCUT2D eigenvalue weighted by Crippen LogP contribution is 2.08. The third-order valence-corrected chi connectivity index (χ3v) is 2.66. The van der Waals surface area contributed by atoms with Crippen LogP contribution < -0.4 is 0 Å². The number of fused-ring (bicyclic) bond motifs is 2. The van der Waals surface area contributed by atoms with Gasteiger partial charge in [0.1, 0.15) is 0 Å². The van der Waals surface area contributed by atoms with Crippen LogP contribution in [0.25, 0.3) is 22.1 Å². The third kappa shape index (κ3) is 11.9. The average molecular weight is 381 g/mol. The van der Waals surface area contributed by atoms with Crippen molar-refractivity contribution in [2.24, 2.45) is 10.8 Å². The van der Waals surface area contributed by atoms with Gasteiger partial charge in [0.05, 0.1) is 34.7 Å². The highest BCUT2D eigenvalue weighted by Gasteiger charge is 1.96. The maximum Gasteiger partial charge on any atom is 0.0931 e. The van der Waals surface area contributed by atoms with E-state index in [0.717, 1.165) is 22.1 Å². The number of H-pyrrole nitrogens is 2. The van der Waals surface area contributed by atoms with Gasteiger partial charge in [-0.1, -0.05) is 79.7 Å². The second kappa shape index (κ2) is 10.6. The Kier molecular flexibility index (Phi) is 8.90. The first-order chi connectivity index (χ1) is 12.9. The smallest absolute Gasteiger partial charge is 0.0931 e. The number of nitrogens with zero attached hydrogens (tertiary/aromatic N) is 2. The third-order valence-electron chi connectivity index (χ3n) is 2.66. The van der Waals surface area contributed by atoms with E-state index in [0.29, 0.717) is 10.8 Å². The van der Waals surface area contributed by atoms with Crippen molar-refractivity contribution in [1.29, 1.82) is 0 Å². The topological polar surface area (TPSA) is 57.4 Å². The molecule has 2 heterocycles. The summed E-state index contributed by atoms with van der Waals surface area (Å²) in [7, 11) is 0. The number of para-hydroxylation sites is 4. The first-order valence-electron chi connectivity index (χ1n) is 9.70. The maximum absolute atomic E-state index is 4.06. The second-order valence-corrected chi connectivity index (χ2v) is 9.84. The van der Waals surface area contributed by atoms with E-state index >= 15 is 0 Å². The molecule has 28 heavy (non-hydrogen) atoms. The lowest BCUT2D eigenvalue weighted by Gasteiger charge is -2.05. The zero-order valence-corrected chi connectivity index (χ0v) is 18.7. The second-order valence-electron chi connectivity index (χ2n) is 9.84. The van der Waals surface area contributed by atoms with Gasteiger partial charge in [-0.05, 0) is 35.1 Å². The lowest BCUT2D eigenvalue weighted by molar-refractivity contribution is 0.469. The Bertz CT molecular complexity index is 770. The number of aromatic nitrogens is 4. The Morgan fingerprint density at radius 1 is 0.536 bits per heavy atom. The maximum atomic E-state index is 4.06. The standard InChI is InChI=1S/2C7H6N2.2C5H12/c2*1-2-4-7-6(3-1)8-5-9-7;2*1-5(2,3)4/h2*1-5H,(H,8,9);2*1-4H3. The SMILES string of the molecule is CC(C)(C)C.CC(C)(C)C.c1ccc2[nH]cnc2c1.c1ccc2[nH]cnc2c1. The Morgan fingerprint density at radius 3 is 1.11 bits per heavy atom. The number of benzene rings is 2. The Balaban J connectivity index is 0.000000196. The minimum absolute atomic E-state index is 0.500. The highest BCUT2D eigenvalue weighted by atomic mass is 14.9. The molecule has 2 aromatic carbocycles. The molecule has 4 rings (SSSR count). The van der Waals surface area contributed by atoms with Crippen LogP contribution >= 0.6 is 0 Å². The molecule has 0 aliphatic heterocycles. The first-order valence-corrected chi connectivity index (χ1v) is 9.70. The van der Waals surface area contributed by atoms with Crippen molar-refractivity contribution >= 4 is 22.1 Å². The van der Waals surface area contributed by atoms with Crippen molar-refractivity contribution in [3.05, 3.63) is 61.2 Å². The lowest BCUT2D eigenvalue weighted by atomic mass is 10.0. The van der Waals surface area contributed by atoms with Crippen LogP contribution in [0.4, 0.5) is 0 Å². The van der Waals surface area contributed by atoms with Crippen molar-refractivity contribution in [3.63, 3.8) is 0 Å². The van der Waals surface area contributed by atoms with Crippen molar-refractivity contribution in [2.45, 2.75) is 55.4 Å². The summed E-state index contributed by atoms with van der Waals surface area (Å²) in [5.74, 6) is 0. The summed E-state index contributed by atoms with van der Waals surface area (Å²) >= 11 is 0. The molecule has 2 N–H and O–H groups in total. The van der Waals surface area contributed by atoms with Gasteiger partial charge in [-0.3, -0.25) is 0 Å². The van der Waals surface area contributed by atoms with Crippen LogP contribution in [-0.2, 0) is 0 Å². The molecule has 0 amide bonds. The molecule has 0 spiro atoms. The van der Waals surface area contributed by atoms with E-state index in [4.69, 9.17) is 0 Å². The predicted octanol–water partition coefficient (Wildman–Crippen LogP) is 7.23. The van der Waals surface area contributed by atoms with Gasteiger partial charge in [0.15, 0.2) is 0 Å². The van der Waals surface area contributed by atoms with Gasteiger partial charge < -0.3 is 9.97 Å². The molecule has 0 saturated carbocycles. The molecular formula is C24H36N4. The molecule has 2 aromatic heterocycles. The van der Waals surface area contributed by atoms with E-state index in [-0.39, 0.29) is 0 Å². The predicted molar refractivity (Wildman–Crippen MR) is 122 cm³/mol. The van der Waals surface area contributed by atoms with Crippen LogP contribution in [0.5, 0.6) is 0 Å². The van der Waals surface area contributed by atoms with Crippen molar-refractivity contribution in [3.8, 4) is 0 Å². The molecule has 0 bridgehead atoms. The molecule has 0 aliphatic carbocycles. The number of hydrogen-bond acceptors (Lipinski definition) is 2. The van der Waals surface area contributed by atoms with Crippen LogP contribution in [0.1, 0.15) is 55.4 Å². The fourth-order valence-electron chi connectivity index (χ4n) is 1.76. The fourth-order valence-corrected chi connectivity index (χ4v) is 1.76. The van der Waals surface area contributed by atoms with E-state index in [1.165, 1.54) is 0 Å². The molecule has 4 heteroatoms. The molecule has 152 valence electrons. The zero-order valence-electron chi connectivity index (χ0n) is 18.7. The molecule has 0 unspecified atom stereocenters. The fraction of sp³-hybridized carbons (Fsp3) is 0.417. The minimum atomic E-state index is 0.500. The van der Waals surface area contributed by atoms with Crippen molar-refractivity contribution in [1.82, 2.24) is 19.9 Å². The Hall–Kier alpha value is -2.62. The lowest BCUT2D eigenvalue weighted by Crippen LogP contribution is -1.93. The van der Waals surface area contributed by atoms with Crippen LogP contribution in [-0.4, -0.2) is 19.9 Å². The zero-order chi connectivity index (χ0) is 21.2. The average Bonchev–Trinajstić information content (AvgIpc) is 3.21. The van der Waals surface area contributed by atoms with E-state index in [1.54, 1.807) is 12.7 Å². The summed E-state index contributed by atoms with van der Waals surface area (Å²) in [6.45, 7) is 17.5. The number of hydrogen-bond donors (Lipinski definition) is 2. The van der Waals surface area contributed by atoms with Crippen molar-refractivity contribution < 1.29 is 0 Å². The number of nitrogens with one attached hydrogen (secondary N) is 2. The summed E-state index contributed by atoms with van der Waals surface area (Å²) in [4.78, 5) is 14.1. The van der Waals surface area contributed by atoms with Crippen LogP contribution in [0, 0.1) is 10.8 Å². The highest BCUT2D eigenvalue weighted by molar-refractivity contribution is 5.74. The van der Waals surface area contributed by atoms with E-state index in [9.17, 15) is 0 Å². The van der Waals surface area contributed by atoms with Crippen molar-refractivity contribution in [2.75, 3.05) is 0 Å². The van der Waals surface area contributed by atoms with Gasteiger partial charge in [-0.2, -0.15) is 0 Å². The number of aromatic amines is 2. The molecule has 0 atom stereocenters. The first kappa shape index (κ1) is 23.4. The molecule has 4 aromatic rings. The minimum Gasteiger partial charge on any atom is -0.345 e. The summed E-state index contributed by atoms with van der Waals surface area (Å²) in [5, 5.41) is 0. The van der Waals surface area contributed by atoms with Gasteiger partial charge in [0.25, 0.3) is 0 Å². The van der Waals surface area contributed by atoms with Gasteiger partial charge in [-0.15, -0.1) is 0 Å². The molecule has 4 nitrogen and oxygen atoms in total. The molecule has 0 aliphatic rings. The van der Waals surface area contributed by atoms with Gasteiger partial charge >= 0.3 is 0 Å². The molecule has 0 saturated heterocycles. The normalized spacial score (nSPS) is 10.9. The molecule has 0 fully saturated rings. The van der Waals surface area contributed by atoms with Gasteiger partial charge in [0.2, 0.25) is 0 Å². The summed E-state index contributed by atoms with van der Waals surface area (Å²) in [5.41, 5.74) is 5.24. The van der Waals surface area contributed by atoms with Crippen LogP contribution in [0.15, 0.2) is 61.2 Å². The monoisotopic (exact) mass is 380 g/mol. The molecule has 0 radical (unpaired) electrons. The largest absolute Gasteiger partial charge is 0.345 e. The quantitative estimate of drug-likeness (QED) is 0.338. The Labute approximate surface area is 169 Å². The van der Waals surface area contributed by atoms with Gasteiger partial charge in [-0.25, -0.2) is 9.97 Å². The van der Waals surface area contributed by atoms with E-state index < -0.39 is 0 Å². The van der Waals surface area contributed by atoms with Crippen LogP contribution in [0.2, 0.25) is 0 Å².